The predicted molar refractivity (Wildman–Crippen MR) is 149 cm³/mol. The molecule has 4 aromatic rings. The molecule has 198 valence electrons. The van der Waals surface area contributed by atoms with Crippen molar-refractivity contribution in [3.05, 3.63) is 90.1 Å². The van der Waals surface area contributed by atoms with Crippen molar-refractivity contribution in [3.8, 4) is 11.3 Å². The first kappa shape index (κ1) is 32.2. The van der Waals surface area contributed by atoms with Gasteiger partial charge in [-0.1, -0.05) is 66.7 Å². The van der Waals surface area contributed by atoms with E-state index in [2.05, 4.69) is 20.7 Å². The molecule has 1 saturated heterocycles. The van der Waals surface area contributed by atoms with Gasteiger partial charge >= 0.3 is 59.1 Å². The van der Waals surface area contributed by atoms with Gasteiger partial charge in [0.2, 0.25) is 0 Å². The smallest absolute Gasteiger partial charge is 1.00 e. The number of hydrogen-bond donors (Lipinski definition) is 3. The van der Waals surface area contributed by atoms with E-state index in [4.69, 9.17) is 10.5 Å². The minimum atomic E-state index is -4.66. The number of ether oxygens (including phenoxy) is 1. The Balaban J connectivity index is 0.00000220. The quantitative estimate of drug-likeness (QED) is 0.0980. The summed E-state index contributed by atoms with van der Waals surface area (Å²) in [5.74, 6) is 0. The number of anilines is 3. The number of morpholine rings is 1. The van der Waals surface area contributed by atoms with Gasteiger partial charge in [-0.05, 0) is 34.5 Å². The Morgan fingerprint density at radius 1 is 1.02 bits per heavy atom. The first-order chi connectivity index (χ1) is 18.4. The van der Waals surface area contributed by atoms with Gasteiger partial charge in [-0.2, -0.15) is 8.42 Å². The molecule has 0 saturated carbocycles. The Labute approximate surface area is 280 Å². The van der Waals surface area contributed by atoms with E-state index in [0.717, 1.165) is 11.3 Å². The van der Waals surface area contributed by atoms with E-state index in [1.165, 1.54) is 0 Å². The van der Waals surface area contributed by atoms with E-state index in [-0.39, 0.29) is 79.4 Å². The molecule has 0 amide bonds. The van der Waals surface area contributed by atoms with Crippen molar-refractivity contribution in [2.45, 2.75) is 11.1 Å². The summed E-state index contributed by atoms with van der Waals surface area (Å²) >= 11 is 0. The molecule has 4 N–H and O–H groups in total. The van der Waals surface area contributed by atoms with Crippen molar-refractivity contribution in [2.24, 2.45) is 0 Å². The number of para-hydroxylation sites is 1. The van der Waals surface area contributed by atoms with E-state index in [1.54, 1.807) is 30.5 Å². The van der Waals surface area contributed by atoms with Gasteiger partial charge < -0.3 is 23.5 Å². The molecule has 1 aliphatic rings. The van der Waals surface area contributed by atoms with Crippen molar-refractivity contribution in [1.82, 2.24) is 15.4 Å². The third-order valence-corrected chi connectivity index (χ3v) is 7.09. The Morgan fingerprint density at radius 2 is 1.73 bits per heavy atom. The molecule has 2 heterocycles. The number of nitrogens with one attached hydrogen (secondary N) is 1. The maximum Gasteiger partial charge on any atom is 1.00 e. The fourth-order valence-corrected chi connectivity index (χ4v) is 5.18. The van der Waals surface area contributed by atoms with Gasteiger partial charge in [-0.15, -0.1) is 10.2 Å². The van der Waals surface area contributed by atoms with Crippen LogP contribution in [0.2, 0.25) is 0 Å². The number of nitrogens with two attached hydrogens (primary N) is 1. The van der Waals surface area contributed by atoms with Crippen molar-refractivity contribution in [3.63, 3.8) is 0 Å². The van der Waals surface area contributed by atoms with Gasteiger partial charge in [-0.25, -0.2) is 0 Å². The summed E-state index contributed by atoms with van der Waals surface area (Å²) in [6.07, 6.45) is 4.60. The molecule has 13 heteroatoms. The van der Waals surface area contributed by atoms with E-state index in [9.17, 15) is 13.0 Å². The molecule has 0 spiro atoms. The van der Waals surface area contributed by atoms with Gasteiger partial charge in [-0.3, -0.25) is 4.55 Å². The fourth-order valence-electron chi connectivity index (χ4n) is 4.35. The molecule has 1 aromatic heterocycles. The van der Waals surface area contributed by atoms with E-state index in [0.29, 0.717) is 36.6 Å². The molecule has 1 unspecified atom stereocenters. The van der Waals surface area contributed by atoms with Gasteiger partial charge in [0.1, 0.15) is 16.8 Å². The molecule has 10 nitrogen and oxygen atoms in total. The molecule has 3 aromatic carbocycles. The van der Waals surface area contributed by atoms with Gasteiger partial charge in [0, 0.05) is 17.8 Å². The third kappa shape index (κ3) is 7.69. The van der Waals surface area contributed by atoms with Crippen LogP contribution in [0, 0.1) is 0 Å². The van der Waals surface area contributed by atoms with E-state index >= 15 is 0 Å². The Morgan fingerprint density at radius 3 is 2.42 bits per heavy atom. The summed E-state index contributed by atoms with van der Waals surface area (Å²) in [7, 11) is -4.66. The van der Waals surface area contributed by atoms with Gasteiger partial charge in [0.05, 0.1) is 30.7 Å². The SMILES string of the molecule is Nc1c(-c2nnncc2N2CCOC(Nc3ccccc3)C2)ccc(C=Cc2ccccc2)c1S(=O)(=O)O.[H-].[H-].[Na+].[Na+]. The Bertz CT molecular complexity index is 1570. The second kappa shape index (κ2) is 14.5. The number of rotatable bonds is 7. The molecule has 0 bridgehead atoms. The number of nitrogens with zero attached hydrogens (tertiary/aromatic N) is 4. The summed E-state index contributed by atoms with van der Waals surface area (Å²) < 4.78 is 40.8. The van der Waals surface area contributed by atoms with Gasteiger partial charge in [0.25, 0.3) is 10.1 Å². The standard InChI is InChI=1S/C27H26N6O4S.2Na.2H/c28-25-22(14-13-20(27(25)38(34,35)36)12-11-19-7-3-1-4-8-19)26-23(17-29-32-31-26)33-15-16-37-24(18-33)30-21-9-5-2-6-10-21;;;;/h1-14,17,24,30H,15-16,18,28H2,(H,34,35,36);;;;/q;2*+1;2*-1. The van der Waals surface area contributed by atoms with Crippen LogP contribution in [0.15, 0.2) is 83.9 Å². The van der Waals surface area contributed by atoms with E-state index in [1.807, 2.05) is 65.6 Å². The summed E-state index contributed by atoms with van der Waals surface area (Å²) in [4.78, 5) is 1.63. The van der Waals surface area contributed by atoms with Crippen molar-refractivity contribution < 1.29 is 79.7 Å². The number of hydrogen-bond acceptors (Lipinski definition) is 9. The zero-order chi connectivity index (χ0) is 26.5. The summed E-state index contributed by atoms with van der Waals surface area (Å²) in [5.41, 5.74) is 9.57. The monoisotopic (exact) mass is 578 g/mol. The topological polar surface area (TPSA) is 144 Å². The molecule has 40 heavy (non-hydrogen) atoms. The first-order valence-electron chi connectivity index (χ1n) is 11.9. The third-order valence-electron chi connectivity index (χ3n) is 6.12. The van der Waals surface area contributed by atoms with Crippen molar-refractivity contribution in [1.29, 1.82) is 0 Å². The van der Waals surface area contributed by atoms with Crippen LogP contribution >= 0.6 is 0 Å². The zero-order valence-electron chi connectivity index (χ0n) is 24.3. The van der Waals surface area contributed by atoms with Crippen LogP contribution in [0.4, 0.5) is 17.1 Å². The van der Waals surface area contributed by atoms with Crippen LogP contribution in [0.1, 0.15) is 14.0 Å². The molecule has 5 rings (SSSR count). The molecular formula is C27H28N6Na2O4S. The molecule has 1 aliphatic heterocycles. The van der Waals surface area contributed by atoms with Crippen molar-refractivity contribution in [2.75, 3.05) is 35.6 Å². The minimum Gasteiger partial charge on any atom is -1.00 e. The van der Waals surface area contributed by atoms with E-state index < -0.39 is 15.0 Å². The molecular weight excluding hydrogens is 550 g/mol. The zero-order valence-corrected chi connectivity index (χ0v) is 27.1. The predicted octanol–water partition coefficient (Wildman–Crippen LogP) is -1.95. The normalized spacial score (nSPS) is 15.2. The van der Waals surface area contributed by atoms with Crippen LogP contribution < -0.4 is 75.1 Å². The van der Waals surface area contributed by atoms with Crippen LogP contribution in [0.25, 0.3) is 23.4 Å². The first-order valence-corrected chi connectivity index (χ1v) is 13.3. The van der Waals surface area contributed by atoms with Crippen LogP contribution in [-0.2, 0) is 14.9 Å². The Hall–Kier alpha value is -2.32. The number of aromatic nitrogens is 3. The second-order valence-corrected chi connectivity index (χ2v) is 10.0. The molecule has 0 radical (unpaired) electrons. The van der Waals surface area contributed by atoms with Crippen LogP contribution in [0.3, 0.4) is 0 Å². The largest absolute Gasteiger partial charge is 1.00 e. The fraction of sp³-hybridized carbons (Fsp3) is 0.148. The number of nitrogen functional groups attached to an aromatic ring is 1. The van der Waals surface area contributed by atoms with Gasteiger partial charge in [0.15, 0.2) is 0 Å². The maximum absolute atomic E-state index is 12.4. The second-order valence-electron chi connectivity index (χ2n) is 8.65. The maximum atomic E-state index is 12.4. The molecule has 0 aliphatic carbocycles. The molecule has 1 atom stereocenters. The van der Waals surface area contributed by atoms with Crippen LogP contribution in [0.5, 0.6) is 0 Å². The average molecular weight is 579 g/mol. The summed E-state index contributed by atoms with van der Waals surface area (Å²) in [5, 5.41) is 15.3. The summed E-state index contributed by atoms with van der Waals surface area (Å²) in [6.45, 7) is 1.47. The summed E-state index contributed by atoms with van der Waals surface area (Å²) in [6, 6.07) is 22.4. The molecule has 1 fully saturated rings. The van der Waals surface area contributed by atoms with Crippen LogP contribution in [-0.4, -0.2) is 54.3 Å². The number of benzene rings is 3. The van der Waals surface area contributed by atoms with Crippen molar-refractivity contribution >= 4 is 39.3 Å². The average Bonchev–Trinajstić information content (AvgIpc) is 2.92. The minimum absolute atomic E-state index is 0. The Kier molecular flexibility index (Phi) is 11.7.